The largest absolute Gasteiger partial charge is 0.493 e. The summed E-state index contributed by atoms with van der Waals surface area (Å²) in [6, 6.07) is 8.00. The predicted molar refractivity (Wildman–Crippen MR) is 82.3 cm³/mol. The van der Waals surface area contributed by atoms with Crippen molar-refractivity contribution in [2.75, 3.05) is 26.7 Å². The molecule has 1 aliphatic heterocycles. The number of nitrogens with zero attached hydrogens (tertiary/aromatic N) is 1. The third-order valence-corrected chi connectivity index (χ3v) is 4.55. The molecule has 1 heterocycles. The Labute approximate surface area is 122 Å². The minimum absolute atomic E-state index is 0.466. The first-order valence-corrected chi connectivity index (χ1v) is 7.97. The highest BCUT2D eigenvalue weighted by Crippen LogP contribution is 2.29. The van der Waals surface area contributed by atoms with E-state index in [4.69, 9.17) is 4.74 Å². The number of benzene rings is 1. The van der Waals surface area contributed by atoms with Crippen LogP contribution in [-0.2, 0) is 6.42 Å². The summed E-state index contributed by atoms with van der Waals surface area (Å²) in [7, 11) is 2.24. The van der Waals surface area contributed by atoms with Crippen LogP contribution < -0.4 is 10.1 Å². The molecule has 0 radical (unpaired) electrons. The van der Waals surface area contributed by atoms with E-state index in [1.54, 1.807) is 0 Å². The molecule has 0 aromatic heterocycles. The quantitative estimate of drug-likeness (QED) is 0.827. The number of hydrogen-bond acceptors (Lipinski definition) is 3. The first-order valence-electron chi connectivity index (χ1n) is 7.97. The van der Waals surface area contributed by atoms with Crippen molar-refractivity contribution in [3.05, 3.63) is 29.3 Å². The fourth-order valence-electron chi connectivity index (χ4n) is 3.03. The van der Waals surface area contributed by atoms with Gasteiger partial charge in [-0.1, -0.05) is 19.1 Å². The van der Waals surface area contributed by atoms with E-state index in [0.29, 0.717) is 6.04 Å². The van der Waals surface area contributed by atoms with Crippen molar-refractivity contribution >= 4 is 0 Å². The van der Waals surface area contributed by atoms with Gasteiger partial charge in [0.05, 0.1) is 6.61 Å². The molecule has 2 aliphatic rings. The maximum Gasteiger partial charge on any atom is 0.122 e. The minimum atomic E-state index is 0.466. The average molecular weight is 274 g/mol. The Kier molecular flexibility index (Phi) is 4.27. The summed E-state index contributed by atoms with van der Waals surface area (Å²) in [4.78, 5) is 2.48. The number of hydrogen-bond donors (Lipinski definition) is 1. The molecule has 1 fully saturated rings. The molecule has 3 nitrogen and oxygen atoms in total. The third-order valence-electron chi connectivity index (χ3n) is 4.55. The van der Waals surface area contributed by atoms with Crippen LogP contribution in [0.15, 0.2) is 18.2 Å². The highest BCUT2D eigenvalue weighted by Gasteiger charge is 2.25. The summed E-state index contributed by atoms with van der Waals surface area (Å²) >= 11 is 0. The van der Waals surface area contributed by atoms with E-state index >= 15 is 0 Å². The van der Waals surface area contributed by atoms with Crippen LogP contribution in [0.4, 0.5) is 0 Å². The first-order chi connectivity index (χ1) is 9.78. The predicted octanol–water partition coefficient (Wildman–Crippen LogP) is 2.76. The molecule has 0 amide bonds. The van der Waals surface area contributed by atoms with Gasteiger partial charge in [-0.3, -0.25) is 0 Å². The second kappa shape index (κ2) is 6.15. The molecule has 1 aliphatic carbocycles. The molecule has 20 heavy (non-hydrogen) atoms. The van der Waals surface area contributed by atoms with E-state index in [1.165, 1.54) is 24.0 Å². The molecule has 3 heteroatoms. The Balaban J connectivity index is 1.55. The van der Waals surface area contributed by atoms with Crippen LogP contribution >= 0.6 is 0 Å². The lowest BCUT2D eigenvalue weighted by atomic mass is 10.0. The highest BCUT2D eigenvalue weighted by molar-refractivity contribution is 5.40. The lowest BCUT2D eigenvalue weighted by Crippen LogP contribution is -2.32. The normalized spacial score (nSPS) is 18.9. The molecule has 0 spiro atoms. The van der Waals surface area contributed by atoms with Gasteiger partial charge < -0.3 is 15.0 Å². The molecular formula is C17H26N2O. The van der Waals surface area contributed by atoms with Crippen LogP contribution in [0.2, 0.25) is 0 Å². The molecular weight excluding hydrogens is 248 g/mol. The van der Waals surface area contributed by atoms with Crippen LogP contribution in [0.3, 0.4) is 0 Å². The molecule has 1 aromatic rings. The minimum Gasteiger partial charge on any atom is -0.493 e. The van der Waals surface area contributed by atoms with E-state index in [9.17, 15) is 0 Å². The Bertz CT molecular complexity index is 456. The highest BCUT2D eigenvalue weighted by atomic mass is 16.5. The van der Waals surface area contributed by atoms with Gasteiger partial charge >= 0.3 is 0 Å². The maximum absolute atomic E-state index is 5.59. The van der Waals surface area contributed by atoms with Crippen molar-refractivity contribution in [2.24, 2.45) is 0 Å². The zero-order chi connectivity index (χ0) is 13.9. The van der Waals surface area contributed by atoms with Crippen molar-refractivity contribution in [3.8, 4) is 5.75 Å². The maximum atomic E-state index is 5.59. The van der Waals surface area contributed by atoms with E-state index in [0.717, 1.165) is 44.3 Å². The van der Waals surface area contributed by atoms with Crippen LogP contribution in [0, 0.1) is 0 Å². The molecule has 1 atom stereocenters. The summed E-state index contributed by atoms with van der Waals surface area (Å²) in [5.74, 6) is 1.08. The van der Waals surface area contributed by atoms with E-state index < -0.39 is 0 Å². The molecule has 1 aromatic carbocycles. The summed E-state index contributed by atoms with van der Waals surface area (Å²) in [6.07, 6.45) is 4.97. The molecule has 0 saturated heterocycles. The second-order valence-electron chi connectivity index (χ2n) is 6.09. The van der Waals surface area contributed by atoms with Gasteiger partial charge in [0.15, 0.2) is 0 Å². The van der Waals surface area contributed by atoms with Crippen molar-refractivity contribution in [3.63, 3.8) is 0 Å². The zero-order valence-electron chi connectivity index (χ0n) is 12.7. The fraction of sp³-hybridized carbons (Fsp3) is 0.647. The second-order valence-corrected chi connectivity index (χ2v) is 6.09. The van der Waals surface area contributed by atoms with E-state index in [2.05, 4.69) is 42.4 Å². The topological polar surface area (TPSA) is 24.5 Å². The monoisotopic (exact) mass is 274 g/mol. The summed E-state index contributed by atoms with van der Waals surface area (Å²) < 4.78 is 5.59. The molecule has 0 bridgehead atoms. The smallest absolute Gasteiger partial charge is 0.122 e. The van der Waals surface area contributed by atoms with Crippen LogP contribution in [0.1, 0.15) is 43.4 Å². The number of ether oxygens (including phenoxy) is 1. The Morgan fingerprint density at radius 1 is 1.40 bits per heavy atom. The first kappa shape index (κ1) is 13.9. The Morgan fingerprint density at radius 2 is 2.25 bits per heavy atom. The Hall–Kier alpha value is -1.06. The van der Waals surface area contributed by atoms with E-state index in [1.807, 2.05) is 0 Å². The summed E-state index contributed by atoms with van der Waals surface area (Å²) in [5, 5.41) is 3.71. The number of rotatable bonds is 7. The van der Waals surface area contributed by atoms with Gasteiger partial charge in [-0.2, -0.15) is 0 Å². The van der Waals surface area contributed by atoms with Crippen molar-refractivity contribution in [1.82, 2.24) is 10.2 Å². The van der Waals surface area contributed by atoms with Crippen LogP contribution in [0.5, 0.6) is 5.75 Å². The van der Waals surface area contributed by atoms with E-state index in [-0.39, 0.29) is 0 Å². The molecule has 1 N–H and O–H groups in total. The van der Waals surface area contributed by atoms with Gasteiger partial charge in [-0.25, -0.2) is 0 Å². The number of fused-ring (bicyclic) bond motifs is 1. The summed E-state index contributed by atoms with van der Waals surface area (Å²) in [6.45, 7) is 5.31. The Morgan fingerprint density at radius 3 is 3.00 bits per heavy atom. The van der Waals surface area contributed by atoms with Crippen molar-refractivity contribution in [2.45, 2.75) is 44.7 Å². The number of nitrogens with one attached hydrogen (secondary N) is 1. The number of likely N-dealkylation sites (N-methyl/N-ethyl adjacent to an activating group) is 1. The zero-order valence-corrected chi connectivity index (χ0v) is 12.7. The van der Waals surface area contributed by atoms with Gasteiger partial charge in [0, 0.05) is 31.6 Å². The standard InChI is InChI=1S/C17H26N2O/c1-3-16(18-9-10-19(2)15-5-6-15)13-4-7-17-14(12-13)8-11-20-17/h4,7,12,15-16,18H,3,5-6,8-11H2,1-2H3. The van der Waals surface area contributed by atoms with Gasteiger partial charge in [0.25, 0.3) is 0 Å². The van der Waals surface area contributed by atoms with Crippen LogP contribution in [0.25, 0.3) is 0 Å². The van der Waals surface area contributed by atoms with Crippen molar-refractivity contribution < 1.29 is 4.74 Å². The molecule has 1 saturated carbocycles. The molecule has 110 valence electrons. The van der Waals surface area contributed by atoms with Gasteiger partial charge in [-0.15, -0.1) is 0 Å². The lowest BCUT2D eigenvalue weighted by Gasteiger charge is -2.21. The SMILES string of the molecule is CCC(NCCN(C)C1CC1)c1ccc2c(c1)CCO2. The van der Waals surface area contributed by atoms with Gasteiger partial charge in [0.1, 0.15) is 5.75 Å². The molecule has 3 rings (SSSR count). The van der Waals surface area contributed by atoms with Gasteiger partial charge in [0.2, 0.25) is 0 Å². The van der Waals surface area contributed by atoms with Gasteiger partial charge in [-0.05, 0) is 43.5 Å². The average Bonchev–Trinajstić information content (AvgIpc) is 3.21. The summed E-state index contributed by atoms with van der Waals surface area (Å²) in [5.41, 5.74) is 2.78. The van der Waals surface area contributed by atoms with Crippen molar-refractivity contribution in [1.29, 1.82) is 0 Å². The van der Waals surface area contributed by atoms with Crippen LogP contribution in [-0.4, -0.2) is 37.7 Å². The molecule has 1 unspecified atom stereocenters. The fourth-order valence-corrected chi connectivity index (χ4v) is 3.03. The third kappa shape index (κ3) is 3.15. The lowest BCUT2D eigenvalue weighted by molar-refractivity contribution is 0.313.